The van der Waals surface area contributed by atoms with Gasteiger partial charge in [-0.25, -0.2) is 0 Å². The first-order valence-corrected chi connectivity index (χ1v) is 7.07. The quantitative estimate of drug-likeness (QED) is 0.689. The lowest BCUT2D eigenvalue weighted by Crippen LogP contribution is -2.48. The molecule has 2 unspecified atom stereocenters. The molecule has 0 aromatic rings. The van der Waals surface area contributed by atoms with Crippen LogP contribution in [-0.2, 0) is 19.1 Å². The summed E-state index contributed by atoms with van der Waals surface area (Å²) in [6.45, 7) is 7.30. The van der Waals surface area contributed by atoms with Gasteiger partial charge in [0.1, 0.15) is 12.7 Å². The number of piperidine rings is 1. The first kappa shape index (κ1) is 16.0. The Bertz CT molecular complexity index is 306. The third-order valence-corrected chi connectivity index (χ3v) is 3.40. The van der Waals surface area contributed by atoms with E-state index in [-0.39, 0.29) is 24.1 Å². The molecule has 0 N–H and O–H groups in total. The third-order valence-electron chi connectivity index (χ3n) is 3.40. The smallest absolute Gasteiger partial charge is 0.302 e. The fourth-order valence-electron chi connectivity index (χ4n) is 2.45. The van der Waals surface area contributed by atoms with Crippen LogP contribution in [0.3, 0.4) is 0 Å². The zero-order valence-corrected chi connectivity index (χ0v) is 12.2. The van der Waals surface area contributed by atoms with Crippen LogP contribution < -0.4 is 0 Å². The molecule has 0 saturated carbocycles. The monoisotopic (exact) mass is 271 g/mol. The molecule has 1 aliphatic heterocycles. The van der Waals surface area contributed by atoms with Crippen LogP contribution in [0.25, 0.3) is 0 Å². The van der Waals surface area contributed by atoms with Crippen molar-refractivity contribution < 1.29 is 19.1 Å². The summed E-state index contributed by atoms with van der Waals surface area (Å²) in [5.74, 6) is -0.497. The van der Waals surface area contributed by atoms with Crippen molar-refractivity contribution in [3.05, 3.63) is 0 Å². The summed E-state index contributed by atoms with van der Waals surface area (Å²) in [6.07, 6.45) is 3.84. The zero-order chi connectivity index (χ0) is 14.3. The standard InChI is InChI=1S/C14H25NO4/c1-4-5-7-15-8-6-14(19-12(3)17)9-13(15)10-18-11(2)16/h13-14H,4-10H2,1-3H3. The van der Waals surface area contributed by atoms with Crippen LogP contribution in [-0.4, -0.2) is 48.7 Å². The predicted octanol–water partition coefficient (Wildman–Crippen LogP) is 1.75. The summed E-state index contributed by atoms with van der Waals surface area (Å²) in [5, 5.41) is 0. The van der Waals surface area contributed by atoms with Crippen LogP contribution in [0.1, 0.15) is 46.5 Å². The van der Waals surface area contributed by atoms with Gasteiger partial charge in [-0.1, -0.05) is 13.3 Å². The molecule has 0 aromatic heterocycles. The van der Waals surface area contributed by atoms with E-state index in [9.17, 15) is 9.59 Å². The van der Waals surface area contributed by atoms with Gasteiger partial charge >= 0.3 is 11.9 Å². The fourth-order valence-corrected chi connectivity index (χ4v) is 2.45. The second-order valence-electron chi connectivity index (χ2n) is 5.10. The minimum Gasteiger partial charge on any atom is -0.464 e. The SMILES string of the molecule is CCCCN1CCC(OC(C)=O)CC1COC(C)=O. The third kappa shape index (κ3) is 6.05. The van der Waals surface area contributed by atoms with Gasteiger partial charge in [-0.15, -0.1) is 0 Å². The minimum atomic E-state index is -0.259. The summed E-state index contributed by atoms with van der Waals surface area (Å²) < 4.78 is 10.4. The Kier molecular flexibility index (Phi) is 6.84. The summed E-state index contributed by atoms with van der Waals surface area (Å²) in [7, 11) is 0. The number of unbranched alkanes of at least 4 members (excludes halogenated alkanes) is 1. The Hall–Kier alpha value is -1.10. The van der Waals surface area contributed by atoms with Gasteiger partial charge in [0.05, 0.1) is 0 Å². The Balaban J connectivity index is 2.52. The largest absolute Gasteiger partial charge is 0.464 e. The summed E-state index contributed by atoms with van der Waals surface area (Å²) in [6, 6.07) is 0.161. The van der Waals surface area contributed by atoms with E-state index in [0.717, 1.165) is 38.8 Å². The highest BCUT2D eigenvalue weighted by Gasteiger charge is 2.30. The summed E-state index contributed by atoms with van der Waals surface area (Å²) >= 11 is 0. The van der Waals surface area contributed by atoms with Gasteiger partial charge in [0.2, 0.25) is 0 Å². The lowest BCUT2D eigenvalue weighted by atomic mass is 9.99. The Labute approximate surface area is 115 Å². The maximum atomic E-state index is 11.0. The molecule has 5 nitrogen and oxygen atoms in total. The molecular formula is C14H25NO4. The van der Waals surface area contributed by atoms with Crippen LogP contribution in [0.2, 0.25) is 0 Å². The molecule has 1 saturated heterocycles. The number of carbonyl (C=O) groups excluding carboxylic acids is 2. The molecule has 1 aliphatic rings. The van der Waals surface area contributed by atoms with Crippen LogP contribution >= 0.6 is 0 Å². The van der Waals surface area contributed by atoms with Crippen LogP contribution in [0, 0.1) is 0 Å². The van der Waals surface area contributed by atoms with Gasteiger partial charge < -0.3 is 9.47 Å². The molecular weight excluding hydrogens is 246 g/mol. The first-order chi connectivity index (χ1) is 9.02. The number of ether oxygens (including phenoxy) is 2. The fraction of sp³-hybridized carbons (Fsp3) is 0.857. The molecule has 0 aliphatic carbocycles. The average Bonchev–Trinajstić information content (AvgIpc) is 2.34. The lowest BCUT2D eigenvalue weighted by Gasteiger charge is -2.38. The van der Waals surface area contributed by atoms with E-state index in [2.05, 4.69) is 11.8 Å². The molecule has 110 valence electrons. The van der Waals surface area contributed by atoms with Gasteiger partial charge in [-0.2, -0.15) is 0 Å². The van der Waals surface area contributed by atoms with E-state index < -0.39 is 0 Å². The molecule has 19 heavy (non-hydrogen) atoms. The molecule has 1 rings (SSSR count). The van der Waals surface area contributed by atoms with E-state index in [4.69, 9.17) is 9.47 Å². The van der Waals surface area contributed by atoms with E-state index in [1.54, 1.807) is 0 Å². The van der Waals surface area contributed by atoms with Crippen LogP contribution in [0.4, 0.5) is 0 Å². The van der Waals surface area contributed by atoms with Crippen molar-refractivity contribution in [1.29, 1.82) is 0 Å². The number of likely N-dealkylation sites (tertiary alicyclic amines) is 1. The Morgan fingerprint density at radius 3 is 2.58 bits per heavy atom. The van der Waals surface area contributed by atoms with Crippen molar-refractivity contribution in [2.45, 2.75) is 58.6 Å². The van der Waals surface area contributed by atoms with Gasteiger partial charge in [-0.05, 0) is 19.4 Å². The molecule has 0 aromatic carbocycles. The van der Waals surface area contributed by atoms with Gasteiger partial charge in [0, 0.05) is 32.9 Å². The predicted molar refractivity (Wildman–Crippen MR) is 71.7 cm³/mol. The zero-order valence-electron chi connectivity index (χ0n) is 12.2. The number of hydrogen-bond donors (Lipinski definition) is 0. The van der Waals surface area contributed by atoms with Gasteiger partial charge in [0.15, 0.2) is 0 Å². The average molecular weight is 271 g/mol. The number of carbonyl (C=O) groups is 2. The maximum Gasteiger partial charge on any atom is 0.302 e. The molecule has 0 spiro atoms. The van der Waals surface area contributed by atoms with Crippen molar-refractivity contribution in [2.24, 2.45) is 0 Å². The summed E-state index contributed by atoms with van der Waals surface area (Å²) in [4.78, 5) is 24.3. The maximum absolute atomic E-state index is 11.0. The van der Waals surface area contributed by atoms with Gasteiger partial charge in [0.25, 0.3) is 0 Å². The van der Waals surface area contributed by atoms with Crippen molar-refractivity contribution in [3.8, 4) is 0 Å². The van der Waals surface area contributed by atoms with Crippen molar-refractivity contribution in [3.63, 3.8) is 0 Å². The number of hydrogen-bond acceptors (Lipinski definition) is 5. The van der Waals surface area contributed by atoms with Crippen molar-refractivity contribution >= 4 is 11.9 Å². The Morgan fingerprint density at radius 1 is 1.26 bits per heavy atom. The van der Waals surface area contributed by atoms with E-state index >= 15 is 0 Å². The molecule has 0 amide bonds. The normalized spacial score (nSPS) is 23.9. The van der Waals surface area contributed by atoms with E-state index in [1.165, 1.54) is 13.8 Å². The topological polar surface area (TPSA) is 55.8 Å². The lowest BCUT2D eigenvalue weighted by molar-refractivity contribution is -0.153. The molecule has 0 radical (unpaired) electrons. The van der Waals surface area contributed by atoms with E-state index in [0.29, 0.717) is 6.61 Å². The molecule has 1 heterocycles. The number of rotatable bonds is 6. The van der Waals surface area contributed by atoms with Crippen molar-refractivity contribution in [2.75, 3.05) is 19.7 Å². The highest BCUT2D eigenvalue weighted by atomic mass is 16.5. The second kappa shape index (κ2) is 8.15. The van der Waals surface area contributed by atoms with E-state index in [1.807, 2.05) is 0 Å². The molecule has 0 bridgehead atoms. The summed E-state index contributed by atoms with van der Waals surface area (Å²) in [5.41, 5.74) is 0. The second-order valence-corrected chi connectivity index (χ2v) is 5.10. The molecule has 5 heteroatoms. The number of esters is 2. The van der Waals surface area contributed by atoms with Crippen LogP contribution in [0.15, 0.2) is 0 Å². The Morgan fingerprint density at radius 2 is 2.00 bits per heavy atom. The van der Waals surface area contributed by atoms with Crippen LogP contribution in [0.5, 0.6) is 0 Å². The molecule has 2 atom stereocenters. The minimum absolute atomic E-state index is 0.0454. The first-order valence-electron chi connectivity index (χ1n) is 7.07. The highest BCUT2D eigenvalue weighted by Crippen LogP contribution is 2.21. The van der Waals surface area contributed by atoms with Crippen molar-refractivity contribution in [1.82, 2.24) is 4.90 Å². The highest BCUT2D eigenvalue weighted by molar-refractivity contribution is 5.66. The molecule has 1 fully saturated rings. The number of nitrogens with zero attached hydrogens (tertiary/aromatic N) is 1. The van der Waals surface area contributed by atoms with Gasteiger partial charge in [-0.3, -0.25) is 14.5 Å².